The van der Waals surface area contributed by atoms with Crippen LogP contribution in [0.4, 0.5) is 0 Å². The Hall–Kier alpha value is -0.680. The SMILES string of the molecule is CCCCC[C@H](c1c(O)cccc1OC)N1CCNCC1.Cl.Cl. The second-order valence-corrected chi connectivity index (χ2v) is 5.69. The first-order valence-electron chi connectivity index (χ1n) is 8.08. The molecule has 0 unspecified atom stereocenters. The summed E-state index contributed by atoms with van der Waals surface area (Å²) in [6, 6.07) is 5.81. The van der Waals surface area contributed by atoms with Gasteiger partial charge in [0.05, 0.1) is 12.7 Å². The van der Waals surface area contributed by atoms with Crippen LogP contribution in [0.1, 0.15) is 44.2 Å². The van der Waals surface area contributed by atoms with Gasteiger partial charge in [-0.1, -0.05) is 32.3 Å². The molecule has 1 aliphatic heterocycles. The van der Waals surface area contributed by atoms with Crippen LogP contribution in [0.2, 0.25) is 0 Å². The normalized spacial score (nSPS) is 16.1. The first kappa shape index (κ1) is 22.3. The van der Waals surface area contributed by atoms with E-state index in [9.17, 15) is 5.11 Å². The molecule has 0 spiro atoms. The van der Waals surface area contributed by atoms with Gasteiger partial charge in [0.25, 0.3) is 0 Å². The van der Waals surface area contributed by atoms with Crippen molar-refractivity contribution in [1.29, 1.82) is 0 Å². The van der Waals surface area contributed by atoms with Gasteiger partial charge in [0, 0.05) is 32.2 Å². The van der Waals surface area contributed by atoms with Gasteiger partial charge < -0.3 is 15.2 Å². The number of piperazine rings is 1. The fourth-order valence-corrected chi connectivity index (χ4v) is 3.14. The van der Waals surface area contributed by atoms with Crippen molar-refractivity contribution in [2.75, 3.05) is 33.3 Å². The molecule has 6 heteroatoms. The summed E-state index contributed by atoms with van der Waals surface area (Å²) in [6.45, 7) is 6.29. The Balaban J connectivity index is 0.00000242. The van der Waals surface area contributed by atoms with Gasteiger partial charge in [0.1, 0.15) is 11.5 Å². The molecule has 1 fully saturated rings. The molecule has 134 valence electrons. The number of nitrogens with one attached hydrogen (secondary N) is 1. The zero-order chi connectivity index (χ0) is 15.1. The summed E-state index contributed by atoms with van der Waals surface area (Å²) in [5.41, 5.74) is 0.956. The van der Waals surface area contributed by atoms with Gasteiger partial charge in [-0.3, -0.25) is 4.90 Å². The minimum atomic E-state index is 0. The summed E-state index contributed by atoms with van der Waals surface area (Å²) in [6.07, 6.45) is 4.70. The number of benzene rings is 1. The average molecular weight is 365 g/mol. The molecule has 1 heterocycles. The molecule has 23 heavy (non-hydrogen) atoms. The molecular formula is C17H30Cl2N2O2. The predicted octanol–water partition coefficient (Wildman–Crippen LogP) is 3.77. The van der Waals surface area contributed by atoms with Gasteiger partial charge in [0.15, 0.2) is 0 Å². The van der Waals surface area contributed by atoms with Gasteiger partial charge in [-0.2, -0.15) is 0 Å². The maximum absolute atomic E-state index is 10.4. The Morgan fingerprint density at radius 1 is 1.22 bits per heavy atom. The third kappa shape index (κ3) is 6.03. The van der Waals surface area contributed by atoms with E-state index in [2.05, 4.69) is 17.1 Å². The quantitative estimate of drug-likeness (QED) is 0.722. The number of phenols is 1. The van der Waals surface area contributed by atoms with E-state index in [0.29, 0.717) is 5.75 Å². The molecule has 0 saturated carbocycles. The van der Waals surface area contributed by atoms with Crippen molar-refractivity contribution in [3.8, 4) is 11.5 Å². The molecule has 0 bridgehead atoms. The molecule has 1 aliphatic rings. The van der Waals surface area contributed by atoms with Gasteiger partial charge in [0.2, 0.25) is 0 Å². The third-order valence-corrected chi connectivity index (χ3v) is 4.27. The molecule has 0 radical (unpaired) electrons. The van der Waals surface area contributed by atoms with E-state index in [1.165, 1.54) is 19.3 Å². The minimum absolute atomic E-state index is 0. The number of nitrogens with zero attached hydrogens (tertiary/aromatic N) is 1. The lowest BCUT2D eigenvalue weighted by Crippen LogP contribution is -2.45. The summed E-state index contributed by atoms with van der Waals surface area (Å²) in [5, 5.41) is 13.8. The van der Waals surface area contributed by atoms with Gasteiger partial charge in [-0.05, 0) is 18.6 Å². The van der Waals surface area contributed by atoms with Crippen LogP contribution in [0, 0.1) is 0 Å². The minimum Gasteiger partial charge on any atom is -0.507 e. The van der Waals surface area contributed by atoms with Gasteiger partial charge >= 0.3 is 0 Å². The second-order valence-electron chi connectivity index (χ2n) is 5.69. The second kappa shape index (κ2) is 11.8. The fraction of sp³-hybridized carbons (Fsp3) is 0.647. The maximum atomic E-state index is 10.4. The number of aromatic hydroxyl groups is 1. The monoisotopic (exact) mass is 364 g/mol. The number of halogens is 2. The van der Waals surface area contributed by atoms with Gasteiger partial charge in [-0.25, -0.2) is 0 Å². The van der Waals surface area contributed by atoms with Crippen LogP contribution in [0.3, 0.4) is 0 Å². The van der Waals surface area contributed by atoms with Crippen molar-refractivity contribution < 1.29 is 9.84 Å². The Labute approximate surface area is 152 Å². The van der Waals surface area contributed by atoms with Crippen molar-refractivity contribution in [2.45, 2.75) is 38.6 Å². The standard InChI is InChI=1S/C17H28N2O2.2ClH/c1-3-4-5-7-14(19-12-10-18-11-13-19)17-15(20)8-6-9-16(17)21-2;;/h6,8-9,14,18,20H,3-5,7,10-13H2,1-2H3;2*1H/t14-;;/m1../s1. The van der Waals surface area contributed by atoms with E-state index >= 15 is 0 Å². The highest BCUT2D eigenvalue weighted by molar-refractivity contribution is 5.85. The van der Waals surface area contributed by atoms with E-state index in [1.807, 2.05) is 12.1 Å². The van der Waals surface area contributed by atoms with Crippen molar-refractivity contribution in [3.05, 3.63) is 23.8 Å². The van der Waals surface area contributed by atoms with E-state index in [1.54, 1.807) is 13.2 Å². The maximum Gasteiger partial charge on any atom is 0.127 e. The lowest BCUT2D eigenvalue weighted by Gasteiger charge is -2.36. The van der Waals surface area contributed by atoms with Crippen LogP contribution in [0.15, 0.2) is 18.2 Å². The molecule has 1 atom stereocenters. The van der Waals surface area contributed by atoms with Gasteiger partial charge in [-0.15, -0.1) is 24.8 Å². The molecule has 0 aromatic heterocycles. The molecule has 4 nitrogen and oxygen atoms in total. The average Bonchev–Trinajstić information content (AvgIpc) is 2.53. The van der Waals surface area contributed by atoms with Crippen molar-refractivity contribution in [2.24, 2.45) is 0 Å². The van der Waals surface area contributed by atoms with Crippen molar-refractivity contribution in [1.82, 2.24) is 10.2 Å². The van der Waals surface area contributed by atoms with Crippen LogP contribution < -0.4 is 10.1 Å². The number of phenolic OH excluding ortho intramolecular Hbond substituents is 1. The first-order chi connectivity index (χ1) is 10.3. The van der Waals surface area contributed by atoms with Crippen LogP contribution >= 0.6 is 24.8 Å². The zero-order valence-electron chi connectivity index (χ0n) is 14.1. The summed E-state index contributed by atoms with van der Waals surface area (Å²) >= 11 is 0. The van der Waals surface area contributed by atoms with Crippen LogP contribution in [0.5, 0.6) is 11.5 Å². The molecule has 2 N–H and O–H groups in total. The van der Waals surface area contributed by atoms with Crippen molar-refractivity contribution >= 4 is 24.8 Å². The summed E-state index contributed by atoms with van der Waals surface area (Å²) in [5.74, 6) is 1.16. The highest BCUT2D eigenvalue weighted by Crippen LogP contribution is 2.39. The number of ether oxygens (including phenoxy) is 1. The molecule has 1 aromatic rings. The van der Waals surface area contributed by atoms with Crippen LogP contribution in [0.25, 0.3) is 0 Å². The molecule has 1 aromatic carbocycles. The predicted molar refractivity (Wildman–Crippen MR) is 100 cm³/mol. The van der Waals surface area contributed by atoms with E-state index in [4.69, 9.17) is 4.74 Å². The van der Waals surface area contributed by atoms with E-state index in [0.717, 1.165) is 43.9 Å². The molecular weight excluding hydrogens is 335 g/mol. The highest BCUT2D eigenvalue weighted by atomic mass is 35.5. The van der Waals surface area contributed by atoms with E-state index < -0.39 is 0 Å². The molecule has 0 aliphatic carbocycles. The third-order valence-electron chi connectivity index (χ3n) is 4.27. The largest absolute Gasteiger partial charge is 0.507 e. The fourth-order valence-electron chi connectivity index (χ4n) is 3.14. The number of rotatable bonds is 7. The first-order valence-corrected chi connectivity index (χ1v) is 8.08. The lowest BCUT2D eigenvalue weighted by molar-refractivity contribution is 0.157. The highest BCUT2D eigenvalue weighted by Gasteiger charge is 2.26. The molecule has 2 rings (SSSR count). The molecule has 1 saturated heterocycles. The number of methoxy groups -OCH3 is 1. The zero-order valence-corrected chi connectivity index (χ0v) is 15.7. The number of hydrogen-bond donors (Lipinski definition) is 2. The van der Waals surface area contributed by atoms with Crippen molar-refractivity contribution in [3.63, 3.8) is 0 Å². The number of unbranched alkanes of at least 4 members (excludes halogenated alkanes) is 2. The summed E-state index contributed by atoms with van der Waals surface area (Å²) < 4.78 is 5.50. The van der Waals surface area contributed by atoms with Crippen LogP contribution in [-0.4, -0.2) is 43.3 Å². The Morgan fingerprint density at radius 2 is 1.91 bits per heavy atom. The smallest absolute Gasteiger partial charge is 0.127 e. The Kier molecular flexibility index (Phi) is 11.4. The Bertz CT molecular complexity index is 441. The van der Waals surface area contributed by atoms with Crippen LogP contribution in [-0.2, 0) is 0 Å². The summed E-state index contributed by atoms with van der Waals surface area (Å²) in [7, 11) is 1.68. The van der Waals surface area contributed by atoms with E-state index in [-0.39, 0.29) is 30.9 Å². The summed E-state index contributed by atoms with van der Waals surface area (Å²) in [4.78, 5) is 2.48. The Morgan fingerprint density at radius 3 is 2.52 bits per heavy atom. The molecule has 0 amide bonds. The number of hydrogen-bond acceptors (Lipinski definition) is 4. The topological polar surface area (TPSA) is 44.7 Å². The lowest BCUT2D eigenvalue weighted by atomic mass is 9.96.